The van der Waals surface area contributed by atoms with Gasteiger partial charge < -0.3 is 14.4 Å². The summed E-state index contributed by atoms with van der Waals surface area (Å²) in [7, 11) is 0. The quantitative estimate of drug-likeness (QED) is 0.183. The first-order valence-electron chi connectivity index (χ1n) is 18.9. The van der Waals surface area contributed by atoms with E-state index in [1.54, 1.807) is 0 Å². The van der Waals surface area contributed by atoms with Crippen molar-refractivity contribution in [2.75, 3.05) is 9.80 Å². The second-order valence-electron chi connectivity index (χ2n) is 15.8. The average molecular weight is 699 g/mol. The zero-order chi connectivity index (χ0) is 36.8. The fourth-order valence-electron chi connectivity index (χ4n) is 9.19. The predicted octanol–water partition coefficient (Wildman–Crippen LogP) is 13.2. The van der Waals surface area contributed by atoms with Gasteiger partial charge in [0.2, 0.25) is 0 Å². The van der Waals surface area contributed by atoms with Gasteiger partial charge in [0.25, 0.3) is 0 Å². The van der Waals surface area contributed by atoms with Crippen LogP contribution in [0.5, 0.6) is 0 Å². The minimum absolute atomic E-state index is 0.150. The fraction of sp³-hybridized carbons (Fsp3) is 0.140. The number of hydrogen-bond donors (Lipinski definition) is 0. The van der Waals surface area contributed by atoms with Gasteiger partial charge in [0.1, 0.15) is 0 Å². The van der Waals surface area contributed by atoms with Crippen molar-refractivity contribution in [2.45, 2.75) is 45.4 Å². The molecule has 2 aliphatic heterocycles. The van der Waals surface area contributed by atoms with Gasteiger partial charge in [0, 0.05) is 40.5 Å². The largest absolute Gasteiger partial charge is 0.316 e. The number of aromatic nitrogens is 2. The lowest BCUT2D eigenvalue weighted by Gasteiger charge is -2.44. The molecule has 262 valence electrons. The molecule has 0 fully saturated rings. The van der Waals surface area contributed by atoms with Crippen molar-refractivity contribution >= 4 is 45.0 Å². The van der Waals surface area contributed by atoms with E-state index in [4.69, 9.17) is 0 Å². The average Bonchev–Trinajstić information content (AvgIpc) is 3.64. The van der Waals surface area contributed by atoms with Gasteiger partial charge in [-0.2, -0.15) is 0 Å². The highest BCUT2D eigenvalue weighted by molar-refractivity contribution is 5.95. The number of fused-ring (bicyclic) bond motifs is 5. The maximum atomic E-state index is 4.33. The molecule has 0 unspecified atom stereocenters. The van der Waals surface area contributed by atoms with Gasteiger partial charge in [-0.1, -0.05) is 113 Å². The molecule has 6 aromatic carbocycles. The Balaban J connectivity index is 1.23. The molecule has 8 aromatic rings. The summed E-state index contributed by atoms with van der Waals surface area (Å²) in [5.41, 5.74) is 18.0. The van der Waals surface area contributed by atoms with Crippen molar-refractivity contribution in [1.29, 1.82) is 0 Å². The Labute approximate surface area is 317 Å². The summed E-state index contributed by atoms with van der Waals surface area (Å²) >= 11 is 0. The van der Waals surface area contributed by atoms with Crippen LogP contribution in [-0.4, -0.2) is 9.55 Å². The third kappa shape index (κ3) is 4.66. The molecule has 4 nitrogen and oxygen atoms in total. The van der Waals surface area contributed by atoms with E-state index in [-0.39, 0.29) is 10.8 Å². The Morgan fingerprint density at radius 3 is 1.37 bits per heavy atom. The Morgan fingerprint density at radius 1 is 0.463 bits per heavy atom. The highest BCUT2D eigenvalue weighted by Gasteiger charge is 2.40. The first kappa shape index (κ1) is 32.3. The molecule has 4 heterocycles. The van der Waals surface area contributed by atoms with Crippen LogP contribution in [0, 0.1) is 6.92 Å². The molecular weight excluding hydrogens is 657 g/mol. The third-order valence-corrected chi connectivity index (χ3v) is 12.1. The summed E-state index contributed by atoms with van der Waals surface area (Å²) in [5.74, 6) is 0. The first-order chi connectivity index (χ1) is 26.2. The van der Waals surface area contributed by atoms with Crippen LogP contribution < -0.4 is 9.80 Å². The van der Waals surface area contributed by atoms with Crippen LogP contribution >= 0.6 is 0 Å². The highest BCUT2D eigenvalue weighted by atomic mass is 15.2. The van der Waals surface area contributed by atoms with Crippen molar-refractivity contribution < 1.29 is 0 Å². The summed E-state index contributed by atoms with van der Waals surface area (Å²) in [5, 5.41) is 1.13. The Morgan fingerprint density at radius 2 is 0.907 bits per heavy atom. The molecular formula is C50H42N4. The second kappa shape index (κ2) is 11.8. The number of anilines is 6. The van der Waals surface area contributed by atoms with E-state index in [0.29, 0.717) is 0 Å². The number of para-hydroxylation sites is 4. The van der Waals surface area contributed by atoms with Crippen molar-refractivity contribution in [3.63, 3.8) is 0 Å². The molecule has 10 rings (SSSR count). The molecule has 0 N–H and O–H groups in total. The third-order valence-electron chi connectivity index (χ3n) is 12.1. The molecule has 2 aliphatic rings. The molecule has 2 aromatic heterocycles. The minimum atomic E-state index is -0.150. The molecule has 4 heteroatoms. The van der Waals surface area contributed by atoms with Crippen LogP contribution in [0.15, 0.2) is 164 Å². The lowest BCUT2D eigenvalue weighted by molar-refractivity contribution is 0.631. The van der Waals surface area contributed by atoms with Gasteiger partial charge in [-0.15, -0.1) is 0 Å². The van der Waals surface area contributed by atoms with Crippen LogP contribution in [0.25, 0.3) is 27.7 Å². The van der Waals surface area contributed by atoms with Crippen molar-refractivity contribution in [3.8, 4) is 16.8 Å². The monoisotopic (exact) mass is 698 g/mol. The van der Waals surface area contributed by atoms with E-state index in [9.17, 15) is 0 Å². The molecule has 0 aliphatic carbocycles. The van der Waals surface area contributed by atoms with Crippen LogP contribution in [0.1, 0.15) is 55.5 Å². The van der Waals surface area contributed by atoms with Crippen LogP contribution in [-0.2, 0) is 10.8 Å². The normalized spacial score (nSPS) is 15.0. The van der Waals surface area contributed by atoms with Crippen LogP contribution in [0.4, 0.5) is 34.1 Å². The molecule has 0 saturated heterocycles. The molecule has 0 radical (unpaired) electrons. The van der Waals surface area contributed by atoms with Crippen LogP contribution in [0.2, 0.25) is 0 Å². The summed E-state index contributed by atoms with van der Waals surface area (Å²) in [6.07, 6.45) is 5.91. The number of benzene rings is 6. The van der Waals surface area contributed by atoms with Gasteiger partial charge in [-0.3, -0.25) is 4.98 Å². The van der Waals surface area contributed by atoms with Crippen molar-refractivity contribution in [1.82, 2.24) is 9.55 Å². The summed E-state index contributed by atoms with van der Waals surface area (Å²) in [4.78, 5) is 9.35. The van der Waals surface area contributed by atoms with E-state index in [0.717, 1.165) is 22.2 Å². The molecule has 0 saturated carbocycles. The molecule has 0 spiro atoms. The van der Waals surface area contributed by atoms with Gasteiger partial charge in [-0.25, -0.2) is 0 Å². The van der Waals surface area contributed by atoms with Gasteiger partial charge >= 0.3 is 0 Å². The molecule has 0 amide bonds. The lowest BCUT2D eigenvalue weighted by atomic mass is 9.73. The zero-order valence-electron chi connectivity index (χ0n) is 31.4. The molecule has 54 heavy (non-hydrogen) atoms. The Hall–Kier alpha value is -6.39. The predicted molar refractivity (Wildman–Crippen MR) is 225 cm³/mol. The van der Waals surface area contributed by atoms with E-state index < -0.39 is 0 Å². The number of nitrogens with zero attached hydrogens (tertiary/aromatic N) is 4. The van der Waals surface area contributed by atoms with E-state index in [2.05, 4.69) is 206 Å². The standard InChI is InChI=1S/C50H42N4/c1-33-47(53-43-18-10-6-14-38(43)49(2,3)39-15-7-11-19-44(39)53)30-36(34-22-24-37(25-23-34)52-29-27-35-32-51-28-26-42(35)52)31-48(33)54-45-20-12-8-16-40(45)50(4,5)41-17-9-13-21-46(41)54/h6-32H,1-5H3. The van der Waals surface area contributed by atoms with E-state index >= 15 is 0 Å². The zero-order valence-corrected chi connectivity index (χ0v) is 31.4. The summed E-state index contributed by atoms with van der Waals surface area (Å²) in [6, 6.07) is 53.8. The SMILES string of the molecule is Cc1c(N2c3ccccc3C(C)(C)c3ccccc32)cc(-c2ccc(-n3ccc4cnccc43)cc2)cc1N1c2ccccc2C(C)(C)c2ccccc21. The summed E-state index contributed by atoms with van der Waals surface area (Å²) < 4.78 is 2.24. The van der Waals surface area contributed by atoms with E-state index in [1.165, 1.54) is 67.5 Å². The van der Waals surface area contributed by atoms with Gasteiger partial charge in [0.15, 0.2) is 0 Å². The number of rotatable bonds is 4. The summed E-state index contributed by atoms with van der Waals surface area (Å²) in [6.45, 7) is 11.7. The molecule has 0 bridgehead atoms. The molecule has 0 atom stereocenters. The maximum absolute atomic E-state index is 4.33. The van der Waals surface area contributed by atoms with Crippen molar-refractivity contribution in [2.24, 2.45) is 0 Å². The minimum Gasteiger partial charge on any atom is -0.316 e. The van der Waals surface area contributed by atoms with E-state index in [1.807, 2.05) is 12.4 Å². The maximum Gasteiger partial charge on any atom is 0.0559 e. The van der Waals surface area contributed by atoms with Gasteiger partial charge in [-0.05, 0) is 107 Å². The fourth-order valence-corrected chi connectivity index (χ4v) is 9.19. The highest BCUT2D eigenvalue weighted by Crippen LogP contribution is 2.56. The van der Waals surface area contributed by atoms with Crippen LogP contribution in [0.3, 0.4) is 0 Å². The second-order valence-corrected chi connectivity index (χ2v) is 15.8. The van der Waals surface area contributed by atoms with Crippen molar-refractivity contribution in [3.05, 3.63) is 192 Å². The Kier molecular flexibility index (Phi) is 7.06. The van der Waals surface area contributed by atoms with Gasteiger partial charge in [0.05, 0.1) is 39.6 Å². The number of pyridine rings is 1. The number of hydrogen-bond acceptors (Lipinski definition) is 3. The lowest BCUT2D eigenvalue weighted by Crippen LogP contribution is -2.32. The smallest absolute Gasteiger partial charge is 0.0559 e. The topological polar surface area (TPSA) is 24.3 Å². The first-order valence-corrected chi connectivity index (χ1v) is 18.9. The Bertz CT molecular complexity index is 2520.